The number of nitrogens with zero attached hydrogens (tertiary/aromatic N) is 1. The number of aromatic amines is 1. The molecule has 0 radical (unpaired) electrons. The first-order chi connectivity index (χ1) is 11.0. The predicted molar refractivity (Wildman–Crippen MR) is 77.5 cm³/mol. The van der Waals surface area contributed by atoms with Crippen LogP contribution in [0.5, 0.6) is 0 Å². The zero-order valence-corrected chi connectivity index (χ0v) is 12.5. The third-order valence-corrected chi connectivity index (χ3v) is 4.25. The van der Waals surface area contributed by atoms with E-state index in [4.69, 9.17) is 4.74 Å². The molecule has 2 N–H and O–H groups in total. The van der Waals surface area contributed by atoms with Crippen molar-refractivity contribution in [3.05, 3.63) is 24.0 Å². The standard InChI is InChI=1S/C15H17N3O5/c19-11(10-4-3-7-16-10)9-23-12(20)8-18-13(21)15(17-14(18)22)5-1-2-6-15/h3-4,7,16H,1-2,5-6,8-9H2,(H,17,22). The fourth-order valence-corrected chi connectivity index (χ4v) is 3.04. The van der Waals surface area contributed by atoms with E-state index in [1.165, 1.54) is 0 Å². The molecule has 3 amide bonds. The number of carbonyl (C=O) groups is 4. The van der Waals surface area contributed by atoms with Crippen LogP contribution >= 0.6 is 0 Å². The van der Waals surface area contributed by atoms with Crippen LogP contribution in [0.1, 0.15) is 36.2 Å². The molecule has 1 aliphatic carbocycles. The van der Waals surface area contributed by atoms with E-state index >= 15 is 0 Å². The van der Waals surface area contributed by atoms with Crippen molar-refractivity contribution in [1.29, 1.82) is 0 Å². The van der Waals surface area contributed by atoms with Crippen LogP contribution in [0.4, 0.5) is 4.79 Å². The highest BCUT2D eigenvalue weighted by Crippen LogP contribution is 2.34. The van der Waals surface area contributed by atoms with Crippen LogP contribution in [0.15, 0.2) is 18.3 Å². The molecule has 0 aromatic carbocycles. The maximum absolute atomic E-state index is 12.4. The molecule has 2 heterocycles. The van der Waals surface area contributed by atoms with Gasteiger partial charge in [-0.1, -0.05) is 12.8 Å². The highest BCUT2D eigenvalue weighted by molar-refractivity contribution is 6.09. The van der Waals surface area contributed by atoms with Gasteiger partial charge in [-0.05, 0) is 25.0 Å². The Hall–Kier alpha value is -2.64. The number of aromatic nitrogens is 1. The first-order valence-corrected chi connectivity index (χ1v) is 7.48. The Kier molecular flexibility index (Phi) is 3.89. The molecule has 1 saturated heterocycles. The molecule has 0 bridgehead atoms. The van der Waals surface area contributed by atoms with E-state index in [0.717, 1.165) is 17.7 Å². The van der Waals surface area contributed by atoms with E-state index in [1.54, 1.807) is 18.3 Å². The van der Waals surface area contributed by atoms with Crippen LogP contribution in [0.25, 0.3) is 0 Å². The predicted octanol–water partition coefficient (Wildman–Crippen LogP) is 0.605. The minimum absolute atomic E-state index is 0.331. The van der Waals surface area contributed by atoms with E-state index in [2.05, 4.69) is 10.3 Å². The summed E-state index contributed by atoms with van der Waals surface area (Å²) < 4.78 is 4.85. The largest absolute Gasteiger partial charge is 0.456 e. The van der Waals surface area contributed by atoms with Gasteiger partial charge in [0.25, 0.3) is 5.91 Å². The lowest BCUT2D eigenvalue weighted by Crippen LogP contribution is -2.44. The van der Waals surface area contributed by atoms with Gasteiger partial charge in [0.2, 0.25) is 5.78 Å². The number of hydrogen-bond donors (Lipinski definition) is 2. The van der Waals surface area contributed by atoms with E-state index < -0.39 is 30.7 Å². The van der Waals surface area contributed by atoms with Gasteiger partial charge < -0.3 is 15.0 Å². The fraction of sp³-hybridized carbons (Fsp3) is 0.467. The monoisotopic (exact) mass is 319 g/mol. The molecule has 3 rings (SSSR count). The number of esters is 1. The van der Waals surface area contributed by atoms with Crippen LogP contribution in [0, 0.1) is 0 Å². The molecule has 1 saturated carbocycles. The Labute approximate surface area is 132 Å². The molecule has 1 spiro atoms. The van der Waals surface area contributed by atoms with Gasteiger partial charge >= 0.3 is 12.0 Å². The Bertz CT molecular complexity index is 646. The molecule has 8 nitrogen and oxygen atoms in total. The lowest BCUT2D eigenvalue weighted by Gasteiger charge is -2.19. The summed E-state index contributed by atoms with van der Waals surface area (Å²) in [7, 11) is 0. The van der Waals surface area contributed by atoms with Crippen molar-refractivity contribution in [1.82, 2.24) is 15.2 Å². The van der Waals surface area contributed by atoms with Gasteiger partial charge in [0, 0.05) is 6.20 Å². The molecular weight excluding hydrogens is 302 g/mol. The van der Waals surface area contributed by atoms with Crippen molar-refractivity contribution in [2.75, 3.05) is 13.2 Å². The average molecular weight is 319 g/mol. The quantitative estimate of drug-likeness (QED) is 0.469. The number of hydrogen-bond acceptors (Lipinski definition) is 5. The SMILES string of the molecule is O=C(CN1C(=O)NC2(CCCC2)C1=O)OCC(=O)c1ccc[nH]1. The van der Waals surface area contributed by atoms with Gasteiger partial charge in [0.05, 0.1) is 5.69 Å². The summed E-state index contributed by atoms with van der Waals surface area (Å²) in [5.41, 5.74) is -0.519. The van der Waals surface area contributed by atoms with Crippen molar-refractivity contribution >= 4 is 23.7 Å². The third-order valence-electron chi connectivity index (χ3n) is 4.25. The van der Waals surface area contributed by atoms with Crippen molar-refractivity contribution in [2.24, 2.45) is 0 Å². The van der Waals surface area contributed by atoms with Crippen LogP contribution in [0.3, 0.4) is 0 Å². The minimum atomic E-state index is -0.850. The Morgan fingerprint density at radius 1 is 1.26 bits per heavy atom. The van der Waals surface area contributed by atoms with Crippen LogP contribution in [0.2, 0.25) is 0 Å². The first kappa shape index (κ1) is 15.3. The number of nitrogens with one attached hydrogen (secondary N) is 2. The van der Waals surface area contributed by atoms with Crippen LogP contribution in [-0.4, -0.2) is 52.3 Å². The van der Waals surface area contributed by atoms with Crippen molar-refractivity contribution < 1.29 is 23.9 Å². The number of H-pyrrole nitrogens is 1. The fourth-order valence-electron chi connectivity index (χ4n) is 3.04. The number of amides is 3. The number of ketones is 1. The molecular formula is C15H17N3O5. The van der Waals surface area contributed by atoms with Gasteiger partial charge in [0.15, 0.2) is 6.61 Å². The molecule has 8 heteroatoms. The molecule has 1 aromatic rings. The smallest absolute Gasteiger partial charge is 0.326 e. The van der Waals surface area contributed by atoms with Gasteiger partial charge in [-0.15, -0.1) is 0 Å². The number of ether oxygens (including phenoxy) is 1. The zero-order chi connectivity index (χ0) is 16.4. The highest BCUT2D eigenvalue weighted by atomic mass is 16.5. The van der Waals surface area contributed by atoms with E-state index in [-0.39, 0.29) is 11.7 Å². The summed E-state index contributed by atoms with van der Waals surface area (Å²) in [6, 6.07) is 2.64. The molecule has 2 aliphatic rings. The average Bonchev–Trinajstić information content (AvgIpc) is 3.24. The zero-order valence-electron chi connectivity index (χ0n) is 12.5. The summed E-state index contributed by atoms with van der Waals surface area (Å²) in [4.78, 5) is 51.4. The van der Waals surface area contributed by atoms with E-state index in [9.17, 15) is 19.2 Å². The molecule has 2 fully saturated rings. The Morgan fingerprint density at radius 3 is 2.65 bits per heavy atom. The number of imide groups is 1. The lowest BCUT2D eigenvalue weighted by atomic mass is 9.98. The normalized spacial score (nSPS) is 19.2. The van der Waals surface area contributed by atoms with Crippen molar-refractivity contribution in [3.8, 4) is 0 Å². The summed E-state index contributed by atoms with van der Waals surface area (Å²) >= 11 is 0. The number of carbonyl (C=O) groups excluding carboxylic acids is 4. The molecule has 122 valence electrons. The van der Waals surface area contributed by atoms with Gasteiger partial charge in [0.1, 0.15) is 12.1 Å². The number of rotatable bonds is 5. The van der Waals surface area contributed by atoms with Gasteiger partial charge in [-0.2, -0.15) is 0 Å². The summed E-state index contributed by atoms with van der Waals surface area (Å²) in [5, 5.41) is 2.68. The number of urea groups is 1. The highest BCUT2D eigenvalue weighted by Gasteiger charge is 2.52. The van der Waals surface area contributed by atoms with Crippen molar-refractivity contribution in [2.45, 2.75) is 31.2 Å². The maximum Gasteiger partial charge on any atom is 0.326 e. The molecule has 0 atom stereocenters. The third kappa shape index (κ3) is 2.84. The van der Waals surface area contributed by atoms with E-state index in [0.29, 0.717) is 18.5 Å². The van der Waals surface area contributed by atoms with Crippen LogP contribution < -0.4 is 5.32 Å². The lowest BCUT2D eigenvalue weighted by molar-refractivity contribution is -0.146. The second-order valence-corrected chi connectivity index (χ2v) is 5.78. The second kappa shape index (κ2) is 5.86. The van der Waals surface area contributed by atoms with E-state index in [1.807, 2.05) is 0 Å². The second-order valence-electron chi connectivity index (χ2n) is 5.78. The molecule has 0 unspecified atom stereocenters. The topological polar surface area (TPSA) is 109 Å². The minimum Gasteiger partial charge on any atom is -0.456 e. The molecule has 1 aliphatic heterocycles. The maximum atomic E-state index is 12.4. The summed E-state index contributed by atoms with van der Waals surface area (Å²) in [6.45, 7) is -0.918. The Morgan fingerprint density at radius 2 is 2.00 bits per heavy atom. The Balaban J connectivity index is 1.54. The summed E-state index contributed by atoms with van der Waals surface area (Å²) in [6.07, 6.45) is 4.51. The van der Waals surface area contributed by atoms with Gasteiger partial charge in [-0.25, -0.2) is 4.79 Å². The van der Waals surface area contributed by atoms with Gasteiger partial charge in [-0.3, -0.25) is 19.3 Å². The van der Waals surface area contributed by atoms with Crippen molar-refractivity contribution in [3.63, 3.8) is 0 Å². The van der Waals surface area contributed by atoms with Crippen LogP contribution in [-0.2, 0) is 14.3 Å². The summed E-state index contributed by atoms with van der Waals surface area (Å²) in [5.74, 6) is -1.55. The molecule has 1 aromatic heterocycles. The molecule has 23 heavy (non-hydrogen) atoms. The first-order valence-electron chi connectivity index (χ1n) is 7.48. The number of Topliss-reactive ketones (excluding diaryl/α,β-unsaturated/α-hetero) is 1.